The highest BCUT2D eigenvalue weighted by atomic mass is 16.2. The summed E-state index contributed by atoms with van der Waals surface area (Å²) in [6.07, 6.45) is 6.49. The van der Waals surface area contributed by atoms with Gasteiger partial charge in [-0.05, 0) is 50.2 Å². The van der Waals surface area contributed by atoms with E-state index in [1.165, 1.54) is 11.3 Å². The molecule has 0 unspecified atom stereocenters. The van der Waals surface area contributed by atoms with Crippen LogP contribution < -0.4 is 5.32 Å². The topological polar surface area (TPSA) is 67.2 Å². The molecule has 1 fully saturated rings. The second kappa shape index (κ2) is 8.25. The molecular weight excluding hydrogens is 376 g/mol. The molecule has 1 atom stereocenters. The fourth-order valence-corrected chi connectivity index (χ4v) is 4.72. The number of amides is 2. The van der Waals surface area contributed by atoms with Gasteiger partial charge in [-0.15, -0.1) is 0 Å². The van der Waals surface area contributed by atoms with Crippen molar-refractivity contribution in [2.45, 2.75) is 65.3 Å². The summed E-state index contributed by atoms with van der Waals surface area (Å²) in [6, 6.07) is 8.36. The van der Waals surface area contributed by atoms with Crippen LogP contribution in [0.4, 0.5) is 0 Å². The van der Waals surface area contributed by atoms with Gasteiger partial charge in [-0.3, -0.25) is 9.59 Å². The molecule has 30 heavy (non-hydrogen) atoms. The molecule has 2 amide bonds. The summed E-state index contributed by atoms with van der Waals surface area (Å²) in [7, 11) is 0. The third kappa shape index (κ3) is 4.42. The molecule has 1 N–H and O–H groups in total. The first kappa shape index (κ1) is 20.6. The van der Waals surface area contributed by atoms with Gasteiger partial charge in [0.25, 0.3) is 0 Å². The van der Waals surface area contributed by atoms with Gasteiger partial charge in [-0.25, -0.2) is 4.68 Å². The Bertz CT molecular complexity index is 929. The molecule has 0 bridgehead atoms. The zero-order valence-electron chi connectivity index (χ0n) is 18.3. The minimum atomic E-state index is -0.0242. The van der Waals surface area contributed by atoms with Gasteiger partial charge in [-0.2, -0.15) is 5.10 Å². The number of nitrogens with zero attached hydrogens (tertiary/aromatic N) is 3. The molecule has 2 aliphatic rings. The second-order valence-electron chi connectivity index (χ2n) is 9.55. The lowest BCUT2D eigenvalue weighted by molar-refractivity contribution is -0.128. The number of carbonyl (C=O) groups excluding carboxylic acids is 2. The summed E-state index contributed by atoms with van der Waals surface area (Å²) in [5.41, 5.74) is 4.66. The highest BCUT2D eigenvalue weighted by Crippen LogP contribution is 2.41. The molecule has 6 nitrogen and oxygen atoms in total. The van der Waals surface area contributed by atoms with E-state index < -0.39 is 0 Å². The summed E-state index contributed by atoms with van der Waals surface area (Å²) in [5, 5.41) is 7.91. The van der Waals surface area contributed by atoms with Gasteiger partial charge >= 0.3 is 0 Å². The highest BCUT2D eigenvalue weighted by molar-refractivity contribution is 5.78. The Morgan fingerprint density at radius 3 is 2.73 bits per heavy atom. The molecule has 2 heterocycles. The average molecular weight is 409 g/mol. The van der Waals surface area contributed by atoms with Crippen molar-refractivity contribution in [1.82, 2.24) is 20.0 Å². The molecule has 0 saturated carbocycles. The number of nitrogens with one attached hydrogen (secondary N) is 1. The van der Waals surface area contributed by atoms with E-state index in [1.54, 1.807) is 0 Å². The molecule has 0 radical (unpaired) electrons. The van der Waals surface area contributed by atoms with Crippen molar-refractivity contribution in [3.63, 3.8) is 0 Å². The van der Waals surface area contributed by atoms with Gasteiger partial charge in [-0.1, -0.05) is 31.5 Å². The lowest BCUT2D eigenvalue weighted by atomic mass is 9.74. The third-order valence-corrected chi connectivity index (χ3v) is 6.30. The molecule has 1 aromatic heterocycles. The normalized spacial score (nSPS) is 20.3. The monoisotopic (exact) mass is 408 g/mol. The van der Waals surface area contributed by atoms with E-state index in [-0.39, 0.29) is 23.3 Å². The van der Waals surface area contributed by atoms with Gasteiger partial charge in [0, 0.05) is 31.5 Å². The van der Waals surface area contributed by atoms with Gasteiger partial charge in [0.1, 0.15) is 0 Å². The molecule has 2 aromatic rings. The summed E-state index contributed by atoms with van der Waals surface area (Å²) in [6.45, 7) is 8.09. The number of carbonyl (C=O) groups is 2. The van der Waals surface area contributed by atoms with Crippen LogP contribution in [0.15, 0.2) is 30.5 Å². The lowest BCUT2D eigenvalue weighted by Gasteiger charge is -2.36. The van der Waals surface area contributed by atoms with E-state index in [1.807, 2.05) is 15.8 Å². The predicted molar refractivity (Wildman–Crippen MR) is 116 cm³/mol. The van der Waals surface area contributed by atoms with Crippen molar-refractivity contribution < 1.29 is 9.59 Å². The number of aromatic nitrogens is 2. The maximum absolute atomic E-state index is 12.7. The van der Waals surface area contributed by atoms with Crippen molar-refractivity contribution >= 4 is 11.8 Å². The number of rotatable bonds is 6. The Morgan fingerprint density at radius 1 is 1.27 bits per heavy atom. The first-order valence-electron chi connectivity index (χ1n) is 11.0. The van der Waals surface area contributed by atoms with Crippen molar-refractivity contribution in [2.75, 3.05) is 13.1 Å². The molecule has 0 spiro atoms. The average Bonchev–Trinajstić information content (AvgIpc) is 3.28. The van der Waals surface area contributed by atoms with Crippen LogP contribution in [0, 0.1) is 12.3 Å². The molecule has 6 heteroatoms. The Balaban J connectivity index is 1.45. The molecule has 1 aliphatic heterocycles. The molecule has 160 valence electrons. The Labute approximate surface area is 178 Å². The first-order valence-corrected chi connectivity index (χ1v) is 11.0. The van der Waals surface area contributed by atoms with Crippen LogP contribution in [0.5, 0.6) is 0 Å². The van der Waals surface area contributed by atoms with E-state index in [2.05, 4.69) is 55.5 Å². The third-order valence-electron chi connectivity index (χ3n) is 6.30. The number of hydrogen-bond donors (Lipinski definition) is 1. The van der Waals surface area contributed by atoms with Crippen molar-refractivity contribution in [2.24, 2.45) is 5.41 Å². The molecule has 1 aromatic carbocycles. The maximum Gasteiger partial charge on any atom is 0.222 e. The Morgan fingerprint density at radius 2 is 2.03 bits per heavy atom. The molecular formula is C24H32N4O2. The number of aryl methyl sites for hydroxylation is 1. The molecule has 1 aliphatic carbocycles. The fourth-order valence-electron chi connectivity index (χ4n) is 4.72. The van der Waals surface area contributed by atoms with E-state index in [4.69, 9.17) is 0 Å². The zero-order chi connectivity index (χ0) is 21.3. The van der Waals surface area contributed by atoms with Gasteiger partial charge < -0.3 is 10.2 Å². The van der Waals surface area contributed by atoms with Crippen molar-refractivity contribution in [3.8, 4) is 5.69 Å². The SMILES string of the molecule is Cc1ccc(-n2ncc3c2CC(C)(C)C[C@H]3NC(=O)CCCN2CCCC2=O)cc1. The van der Waals surface area contributed by atoms with E-state index >= 15 is 0 Å². The Hall–Kier alpha value is -2.63. The summed E-state index contributed by atoms with van der Waals surface area (Å²) >= 11 is 0. The van der Waals surface area contributed by atoms with E-state index in [0.29, 0.717) is 25.8 Å². The van der Waals surface area contributed by atoms with Crippen molar-refractivity contribution in [1.29, 1.82) is 0 Å². The van der Waals surface area contributed by atoms with Crippen LogP contribution in [0.25, 0.3) is 5.69 Å². The highest BCUT2D eigenvalue weighted by Gasteiger charge is 2.36. The summed E-state index contributed by atoms with van der Waals surface area (Å²) < 4.78 is 2.02. The largest absolute Gasteiger partial charge is 0.349 e. The van der Waals surface area contributed by atoms with Crippen LogP contribution in [0.1, 0.15) is 68.8 Å². The van der Waals surface area contributed by atoms with Crippen LogP contribution in [0.3, 0.4) is 0 Å². The Kier molecular flexibility index (Phi) is 5.67. The molecule has 1 saturated heterocycles. The lowest BCUT2D eigenvalue weighted by Crippen LogP contribution is -2.37. The number of fused-ring (bicyclic) bond motifs is 1. The van der Waals surface area contributed by atoms with E-state index in [0.717, 1.165) is 37.1 Å². The van der Waals surface area contributed by atoms with E-state index in [9.17, 15) is 9.59 Å². The summed E-state index contributed by atoms with van der Waals surface area (Å²) in [4.78, 5) is 26.3. The summed E-state index contributed by atoms with van der Waals surface area (Å²) in [5.74, 6) is 0.274. The minimum Gasteiger partial charge on any atom is -0.349 e. The van der Waals surface area contributed by atoms with Gasteiger partial charge in [0.05, 0.1) is 23.6 Å². The zero-order valence-corrected chi connectivity index (χ0v) is 18.3. The minimum absolute atomic E-state index is 0.0242. The van der Waals surface area contributed by atoms with Crippen LogP contribution in [-0.2, 0) is 16.0 Å². The number of benzene rings is 1. The predicted octanol–water partition coefficient (Wildman–Crippen LogP) is 3.71. The fraction of sp³-hybridized carbons (Fsp3) is 0.542. The smallest absolute Gasteiger partial charge is 0.222 e. The van der Waals surface area contributed by atoms with Crippen LogP contribution >= 0.6 is 0 Å². The van der Waals surface area contributed by atoms with Crippen molar-refractivity contribution in [3.05, 3.63) is 47.3 Å². The van der Waals surface area contributed by atoms with Gasteiger partial charge in [0.15, 0.2) is 0 Å². The van der Waals surface area contributed by atoms with Gasteiger partial charge in [0.2, 0.25) is 11.8 Å². The number of likely N-dealkylation sites (tertiary alicyclic amines) is 1. The first-order chi connectivity index (χ1) is 14.3. The quantitative estimate of drug-likeness (QED) is 0.792. The van der Waals surface area contributed by atoms with Crippen LogP contribution in [-0.4, -0.2) is 39.6 Å². The van der Waals surface area contributed by atoms with Crippen LogP contribution in [0.2, 0.25) is 0 Å². The number of hydrogen-bond acceptors (Lipinski definition) is 3. The standard InChI is InChI=1S/C24H32N4O2/c1-17-8-10-18(11-9-17)28-21-15-24(2,3)14-20(19(21)16-25-28)26-22(29)6-4-12-27-13-5-7-23(27)30/h8-11,16,20H,4-7,12-15H2,1-3H3,(H,26,29)/t20-/m1/s1. The maximum atomic E-state index is 12.7. The second-order valence-corrected chi connectivity index (χ2v) is 9.55. The molecule has 4 rings (SSSR count).